The van der Waals surface area contributed by atoms with Crippen molar-refractivity contribution in [3.8, 4) is 72.9 Å². The Balaban J connectivity index is 0.000000101. The summed E-state index contributed by atoms with van der Waals surface area (Å²) in [7, 11) is 0. The van der Waals surface area contributed by atoms with Gasteiger partial charge in [-0.1, -0.05) is 334 Å². The minimum atomic E-state index is 0.321. The minimum Gasteiger partial charge on any atom is -0.313 e. The zero-order valence-corrected chi connectivity index (χ0v) is 82.2. The maximum Gasteiger partial charge on any atom is 0.0547 e. The van der Waals surface area contributed by atoms with Gasteiger partial charge in [-0.3, -0.25) is 9.97 Å². The van der Waals surface area contributed by atoms with Crippen LogP contribution < -0.4 is 0 Å². The monoisotopic (exact) mass is 1910 g/mol. The average Bonchev–Trinajstić information content (AvgIpc) is 1.61. The SMILES string of the molecule is C1=CC2C3=C(CCC=C3)C3=C(C=C(n4c5ccccc5c5cc(-c6ccc7c8ccccc8n(-c8ccccc8)c7c6)ccc54)CC3)C2C=C1.C1=CC2c3ccccc3-c3ccc(-n4c5ccccc5c5cc(-c6ccc7c8ccccc8n(-c8ccncc8)c7c6)ccc54)cc3C2C=C1.c1ccc2c(c1)c1ccccc1c1cc(-n3c4ccccc4c4ccc(-c5ccc6c7ccccc7n(-c7ccncc7)c6c5)cc43)ccc21. The molecule has 19 aromatic carbocycles. The van der Waals surface area contributed by atoms with Gasteiger partial charge < -0.3 is 27.4 Å². The second kappa shape index (κ2) is 34.3. The van der Waals surface area contributed by atoms with Gasteiger partial charge in [0.2, 0.25) is 0 Å². The zero-order valence-electron chi connectivity index (χ0n) is 82.2. The van der Waals surface area contributed by atoms with Gasteiger partial charge in [0.25, 0.3) is 0 Å². The number of rotatable bonds is 9. The molecule has 27 aromatic rings. The van der Waals surface area contributed by atoms with Crippen LogP contribution in [0.2, 0.25) is 0 Å². The quantitative estimate of drug-likeness (QED) is 0.135. The van der Waals surface area contributed by atoms with Crippen molar-refractivity contribution >= 4 is 169 Å². The predicted molar refractivity (Wildman–Crippen MR) is 629 cm³/mol. The Morgan fingerprint density at radius 1 is 0.193 bits per heavy atom. The molecule has 0 saturated carbocycles. The molecule has 0 radical (unpaired) electrons. The summed E-state index contributed by atoms with van der Waals surface area (Å²) in [6.45, 7) is 0. The second-order valence-electron chi connectivity index (χ2n) is 41.0. The fraction of sp³-hybridized carbons (Fsp3) is 0.0563. The molecule has 4 unspecified atom stereocenters. The van der Waals surface area contributed by atoms with Crippen LogP contribution in [0.1, 0.15) is 48.6 Å². The van der Waals surface area contributed by atoms with Crippen molar-refractivity contribution in [3.63, 3.8) is 0 Å². The maximum atomic E-state index is 4.29. The van der Waals surface area contributed by atoms with E-state index < -0.39 is 0 Å². The van der Waals surface area contributed by atoms with Gasteiger partial charge >= 0.3 is 0 Å². The first-order valence-corrected chi connectivity index (χ1v) is 52.6. The first-order chi connectivity index (χ1) is 74.4. The zero-order chi connectivity index (χ0) is 98.3. The number of benzene rings is 19. The van der Waals surface area contributed by atoms with Crippen LogP contribution in [0.5, 0.6) is 0 Å². The lowest BCUT2D eigenvalue weighted by Gasteiger charge is -2.39. The molecule has 33 rings (SSSR count). The number of hydrogen-bond donors (Lipinski definition) is 0. The van der Waals surface area contributed by atoms with Crippen molar-refractivity contribution in [1.29, 1.82) is 0 Å². The van der Waals surface area contributed by atoms with E-state index in [1.165, 1.54) is 248 Å². The molecule has 8 nitrogen and oxygen atoms in total. The van der Waals surface area contributed by atoms with E-state index in [1.54, 1.807) is 16.7 Å². The molecular formula is C142H96N8. The fourth-order valence-electron chi connectivity index (χ4n) is 26.7. The smallest absolute Gasteiger partial charge is 0.0547 e. The van der Waals surface area contributed by atoms with E-state index in [9.17, 15) is 0 Å². The Kier molecular flexibility index (Phi) is 19.5. The van der Waals surface area contributed by atoms with Gasteiger partial charge in [0, 0.05) is 147 Å². The first kappa shape index (κ1) is 85.4. The molecule has 0 amide bonds. The van der Waals surface area contributed by atoms with Gasteiger partial charge in [0.05, 0.1) is 66.2 Å². The van der Waals surface area contributed by atoms with E-state index in [0.29, 0.717) is 23.7 Å². The van der Waals surface area contributed by atoms with Gasteiger partial charge in [-0.2, -0.15) is 0 Å². The lowest BCUT2D eigenvalue weighted by Crippen LogP contribution is -2.26. The number of fused-ring (bicyclic) bond motifs is 34. The molecule has 6 aliphatic carbocycles. The summed E-state index contributed by atoms with van der Waals surface area (Å²) in [6, 6.07) is 154. The van der Waals surface area contributed by atoms with Crippen LogP contribution >= 0.6 is 0 Å². The van der Waals surface area contributed by atoms with E-state index in [4.69, 9.17) is 0 Å². The Labute approximate surface area is 865 Å². The number of para-hydroxylation sites is 7. The lowest BCUT2D eigenvalue weighted by atomic mass is 9.66. The molecular weight excluding hydrogens is 1820 g/mol. The number of allylic oxidation sites excluding steroid dienone is 16. The van der Waals surface area contributed by atoms with Gasteiger partial charge in [0.15, 0.2) is 0 Å². The van der Waals surface area contributed by atoms with Crippen LogP contribution in [0.3, 0.4) is 0 Å². The highest BCUT2D eigenvalue weighted by Crippen LogP contribution is 2.55. The normalized spacial score (nSPS) is 16.0. The Morgan fingerprint density at radius 3 is 1.00 bits per heavy atom. The molecule has 704 valence electrons. The van der Waals surface area contributed by atoms with Crippen molar-refractivity contribution in [3.05, 3.63) is 544 Å². The van der Waals surface area contributed by atoms with Crippen molar-refractivity contribution in [2.75, 3.05) is 0 Å². The summed E-state index contributed by atoms with van der Waals surface area (Å²) in [5.74, 6) is 1.53. The molecule has 0 saturated heterocycles. The molecule has 150 heavy (non-hydrogen) atoms. The summed E-state index contributed by atoms with van der Waals surface area (Å²) in [5.41, 5.74) is 40.9. The van der Waals surface area contributed by atoms with Crippen LogP contribution in [-0.2, 0) is 0 Å². The summed E-state index contributed by atoms with van der Waals surface area (Å²) >= 11 is 0. The first-order valence-electron chi connectivity index (χ1n) is 52.6. The highest BCUT2D eigenvalue weighted by atomic mass is 15.0. The third kappa shape index (κ3) is 13.3. The average molecular weight is 1910 g/mol. The third-order valence-electron chi connectivity index (χ3n) is 33.3. The van der Waals surface area contributed by atoms with E-state index >= 15 is 0 Å². The molecule has 8 heterocycles. The summed E-state index contributed by atoms with van der Waals surface area (Å²) in [4.78, 5) is 8.58. The third-order valence-corrected chi connectivity index (χ3v) is 33.3. The van der Waals surface area contributed by atoms with Crippen molar-refractivity contribution in [2.45, 2.75) is 37.5 Å². The van der Waals surface area contributed by atoms with Crippen LogP contribution in [0.4, 0.5) is 0 Å². The Bertz CT molecular complexity index is 10700. The molecule has 8 heteroatoms. The molecule has 0 spiro atoms. The van der Waals surface area contributed by atoms with Crippen LogP contribution in [-0.4, -0.2) is 37.4 Å². The summed E-state index contributed by atoms with van der Waals surface area (Å²) in [6.07, 6.45) is 37.9. The number of aromatic nitrogens is 8. The number of nitrogens with zero attached hydrogens (tertiary/aromatic N) is 8. The van der Waals surface area contributed by atoms with Crippen molar-refractivity contribution in [2.24, 2.45) is 11.8 Å². The van der Waals surface area contributed by atoms with Crippen molar-refractivity contribution in [1.82, 2.24) is 37.4 Å². The highest BCUT2D eigenvalue weighted by Gasteiger charge is 2.38. The summed E-state index contributed by atoms with van der Waals surface area (Å²) in [5, 5.41) is 22.9. The second-order valence-corrected chi connectivity index (χ2v) is 41.0. The van der Waals surface area contributed by atoms with Gasteiger partial charge in [0.1, 0.15) is 0 Å². The fourth-order valence-corrected chi connectivity index (χ4v) is 26.7. The van der Waals surface area contributed by atoms with Crippen LogP contribution in [0, 0.1) is 11.8 Å². The topological polar surface area (TPSA) is 55.4 Å². The molecule has 0 fully saturated rings. The molecule has 8 aromatic heterocycles. The van der Waals surface area contributed by atoms with Gasteiger partial charge in [-0.25, -0.2) is 0 Å². The van der Waals surface area contributed by atoms with Crippen LogP contribution in [0.25, 0.3) is 242 Å². The minimum absolute atomic E-state index is 0.321. The van der Waals surface area contributed by atoms with E-state index in [2.05, 4.69) is 523 Å². The molecule has 0 bridgehead atoms. The van der Waals surface area contributed by atoms with Crippen molar-refractivity contribution < 1.29 is 0 Å². The molecule has 4 atom stereocenters. The maximum absolute atomic E-state index is 4.29. The van der Waals surface area contributed by atoms with Gasteiger partial charge in [-0.15, -0.1) is 0 Å². The predicted octanol–water partition coefficient (Wildman–Crippen LogP) is 36.8. The number of hydrogen-bond acceptors (Lipinski definition) is 2. The van der Waals surface area contributed by atoms with E-state index in [0.717, 1.165) is 36.3 Å². The van der Waals surface area contributed by atoms with Crippen LogP contribution in [0.15, 0.2) is 532 Å². The Morgan fingerprint density at radius 2 is 0.513 bits per heavy atom. The molecule has 0 aliphatic heterocycles. The Hall–Kier alpha value is -19.0. The van der Waals surface area contributed by atoms with Gasteiger partial charge in [-0.05, 0) is 288 Å². The molecule has 0 N–H and O–H groups in total. The largest absolute Gasteiger partial charge is 0.313 e. The number of pyridine rings is 2. The summed E-state index contributed by atoms with van der Waals surface area (Å²) < 4.78 is 14.6. The van der Waals surface area contributed by atoms with E-state index in [1.807, 2.05) is 24.8 Å². The lowest BCUT2D eigenvalue weighted by molar-refractivity contribution is 0.579. The van der Waals surface area contributed by atoms with E-state index in [-0.39, 0.29) is 0 Å². The molecule has 6 aliphatic rings. The standard InChI is InChI=1S/C48H36N2.C47H31N3.C47H29N3/c1-2-12-33(13-3-1)49-45-20-10-8-18-40(45)42-25-22-32(29-48(42)49)31-23-27-47-44(28-31)41-19-9-11-21-46(41)50(47)34-24-26-39-37-16-5-4-14-35(37)36-15-6-7-17-38(36)43(39)30-34;1-2-11-36-34(9-1)35-10-3-4-12-37(35)42-29-33(19-21-38(36)42)50-45-16-8-6-14-40(45)43-27-30(18-22-46(43)50)31-17-20-41-39-13-5-7-15-44(39)49(47(41)28-31)32-23-25-48-26-24-32;1-2-11-36-34(9-1)35-10-3-4-12-37(35)43-29-33(19-22-38(36)43)50-45-16-8-6-14-40(45)42-21-18-31(28-47(42)50)30-17-20-41-39-13-5-7-15-44(39)49(46(41)27-30)32-23-25-48-26-24-32/h1-4,6-15,17-23,25,27-30,36,38H,5,16,24,26H2;1-29,35,37H;1-29H. The highest BCUT2D eigenvalue weighted by molar-refractivity contribution is 6.26.